The van der Waals surface area contributed by atoms with E-state index in [1.54, 1.807) is 25.3 Å². The van der Waals surface area contributed by atoms with Crippen LogP contribution in [-0.2, 0) is 4.74 Å². The molecule has 1 rings (SSSR count). The Bertz CT molecular complexity index is 347. The fraction of sp³-hybridized carbons (Fsp3) is 0.500. The molecular weight excluding hydrogens is 223 g/mol. The van der Waals surface area contributed by atoms with E-state index in [0.29, 0.717) is 18.6 Å². The lowest BCUT2D eigenvalue weighted by atomic mass is 10.0. The molecule has 0 aliphatic rings. The Labute approximate surface area is 101 Å². The summed E-state index contributed by atoms with van der Waals surface area (Å²) in [6.45, 7) is 0.629. The summed E-state index contributed by atoms with van der Waals surface area (Å²) in [4.78, 5) is 0. The van der Waals surface area contributed by atoms with E-state index >= 15 is 0 Å². The van der Waals surface area contributed by atoms with Crippen LogP contribution in [0.25, 0.3) is 0 Å². The highest BCUT2D eigenvalue weighted by Crippen LogP contribution is 2.26. The Hall–Kier alpha value is -1.17. The average Bonchev–Trinajstić information content (AvgIpc) is 2.36. The molecule has 0 aromatic heterocycles. The maximum Gasteiger partial charge on any atom is 0.169 e. The molecule has 4 nitrogen and oxygen atoms in total. The van der Waals surface area contributed by atoms with Crippen molar-refractivity contribution >= 4 is 0 Å². The minimum atomic E-state index is -0.365. The molecule has 0 aliphatic carbocycles. The minimum Gasteiger partial charge on any atom is -0.494 e. The molecule has 17 heavy (non-hydrogen) atoms. The summed E-state index contributed by atoms with van der Waals surface area (Å²) < 4.78 is 23.9. The van der Waals surface area contributed by atoms with Gasteiger partial charge >= 0.3 is 0 Å². The van der Waals surface area contributed by atoms with Crippen molar-refractivity contribution in [2.75, 3.05) is 20.8 Å². The number of hydrogen-bond donors (Lipinski definition) is 2. The number of nitrogens with two attached hydrogens (primary N) is 1. The number of rotatable bonds is 7. The Morgan fingerprint density at radius 2 is 2.18 bits per heavy atom. The lowest BCUT2D eigenvalue weighted by Crippen LogP contribution is -2.29. The van der Waals surface area contributed by atoms with Gasteiger partial charge in [0.05, 0.1) is 7.11 Å². The standard InChI is InChI=1S/C12H19FN2O2/c1-16-8-4-6-10(15-14)9-5-3-7-11(17-2)12(9)13/h3,5,7,10,15H,4,6,8,14H2,1-2H3. The fourth-order valence-corrected chi connectivity index (χ4v) is 1.71. The first-order valence-electron chi connectivity index (χ1n) is 5.52. The highest BCUT2D eigenvalue weighted by molar-refractivity contribution is 5.32. The number of nitrogens with one attached hydrogen (secondary N) is 1. The van der Waals surface area contributed by atoms with Crippen LogP contribution in [0.4, 0.5) is 4.39 Å². The van der Waals surface area contributed by atoms with Crippen molar-refractivity contribution in [2.45, 2.75) is 18.9 Å². The van der Waals surface area contributed by atoms with Crippen molar-refractivity contribution in [3.8, 4) is 5.75 Å². The van der Waals surface area contributed by atoms with E-state index in [1.165, 1.54) is 7.11 Å². The summed E-state index contributed by atoms with van der Waals surface area (Å²) in [6, 6.07) is 4.80. The average molecular weight is 242 g/mol. The van der Waals surface area contributed by atoms with Gasteiger partial charge in [-0.3, -0.25) is 11.3 Å². The van der Waals surface area contributed by atoms with E-state index in [1.807, 2.05) is 0 Å². The normalized spacial score (nSPS) is 12.5. The summed E-state index contributed by atoms with van der Waals surface area (Å²) in [5.74, 6) is 5.31. The zero-order chi connectivity index (χ0) is 12.7. The highest BCUT2D eigenvalue weighted by atomic mass is 19.1. The van der Waals surface area contributed by atoms with Gasteiger partial charge in [-0.1, -0.05) is 12.1 Å². The van der Waals surface area contributed by atoms with Crippen LogP contribution in [0.1, 0.15) is 24.4 Å². The Balaban J connectivity index is 2.80. The van der Waals surface area contributed by atoms with Crippen LogP contribution in [0.5, 0.6) is 5.75 Å². The summed E-state index contributed by atoms with van der Waals surface area (Å²) in [5.41, 5.74) is 3.13. The first-order chi connectivity index (χ1) is 8.24. The fourth-order valence-electron chi connectivity index (χ4n) is 1.71. The summed E-state index contributed by atoms with van der Waals surface area (Å²) in [5, 5.41) is 0. The second kappa shape index (κ2) is 7.21. The highest BCUT2D eigenvalue weighted by Gasteiger charge is 2.16. The quantitative estimate of drug-likeness (QED) is 0.434. The lowest BCUT2D eigenvalue weighted by Gasteiger charge is -2.17. The predicted octanol–water partition coefficient (Wildman–Crippen LogP) is 1.77. The molecular formula is C12H19FN2O2. The van der Waals surface area contributed by atoms with E-state index in [4.69, 9.17) is 15.3 Å². The molecule has 0 spiro atoms. The van der Waals surface area contributed by atoms with Crippen molar-refractivity contribution in [1.29, 1.82) is 0 Å². The lowest BCUT2D eigenvalue weighted by molar-refractivity contribution is 0.188. The van der Waals surface area contributed by atoms with Crippen LogP contribution in [0.2, 0.25) is 0 Å². The van der Waals surface area contributed by atoms with Crippen molar-refractivity contribution in [3.05, 3.63) is 29.6 Å². The third kappa shape index (κ3) is 3.66. The van der Waals surface area contributed by atoms with Gasteiger partial charge in [0.1, 0.15) is 0 Å². The second-order valence-electron chi connectivity index (χ2n) is 3.72. The molecule has 1 aromatic carbocycles. The molecule has 0 saturated heterocycles. The molecule has 0 aliphatic heterocycles. The first-order valence-corrected chi connectivity index (χ1v) is 5.52. The van der Waals surface area contributed by atoms with Gasteiger partial charge in [0.25, 0.3) is 0 Å². The minimum absolute atomic E-state index is 0.231. The van der Waals surface area contributed by atoms with Gasteiger partial charge in [0.2, 0.25) is 0 Å². The van der Waals surface area contributed by atoms with Crippen LogP contribution >= 0.6 is 0 Å². The molecule has 1 aromatic rings. The molecule has 0 heterocycles. The molecule has 96 valence electrons. The molecule has 0 saturated carbocycles. The van der Waals surface area contributed by atoms with Gasteiger partial charge in [-0.15, -0.1) is 0 Å². The van der Waals surface area contributed by atoms with Gasteiger partial charge in [-0.2, -0.15) is 0 Å². The number of methoxy groups -OCH3 is 2. The van der Waals surface area contributed by atoms with Crippen LogP contribution < -0.4 is 16.0 Å². The Kier molecular flexibility index (Phi) is 5.90. The van der Waals surface area contributed by atoms with Crippen molar-refractivity contribution in [2.24, 2.45) is 5.84 Å². The SMILES string of the molecule is COCCCC(NN)c1cccc(OC)c1F. The Morgan fingerprint density at radius 1 is 1.41 bits per heavy atom. The number of ether oxygens (including phenoxy) is 2. The van der Waals surface area contributed by atoms with Crippen LogP contribution in [0, 0.1) is 5.82 Å². The van der Waals surface area contributed by atoms with E-state index in [9.17, 15) is 4.39 Å². The number of hydrazine groups is 1. The van der Waals surface area contributed by atoms with Crippen molar-refractivity contribution < 1.29 is 13.9 Å². The summed E-state index contributed by atoms with van der Waals surface area (Å²) >= 11 is 0. The molecule has 0 bridgehead atoms. The summed E-state index contributed by atoms with van der Waals surface area (Å²) in [6.07, 6.45) is 1.51. The molecule has 5 heteroatoms. The van der Waals surface area contributed by atoms with Crippen LogP contribution in [-0.4, -0.2) is 20.8 Å². The number of hydrogen-bond acceptors (Lipinski definition) is 4. The van der Waals surface area contributed by atoms with Gasteiger partial charge in [0, 0.05) is 25.3 Å². The molecule has 1 unspecified atom stereocenters. The number of halogens is 1. The van der Waals surface area contributed by atoms with E-state index in [-0.39, 0.29) is 17.6 Å². The molecule has 0 amide bonds. The molecule has 0 fully saturated rings. The summed E-state index contributed by atoms with van der Waals surface area (Å²) in [7, 11) is 3.08. The maximum absolute atomic E-state index is 14.0. The monoisotopic (exact) mass is 242 g/mol. The third-order valence-electron chi connectivity index (χ3n) is 2.63. The maximum atomic E-state index is 14.0. The van der Waals surface area contributed by atoms with E-state index < -0.39 is 0 Å². The van der Waals surface area contributed by atoms with Gasteiger partial charge in [-0.25, -0.2) is 4.39 Å². The van der Waals surface area contributed by atoms with Crippen molar-refractivity contribution in [1.82, 2.24) is 5.43 Å². The predicted molar refractivity (Wildman–Crippen MR) is 64.1 cm³/mol. The third-order valence-corrected chi connectivity index (χ3v) is 2.63. The molecule has 1 atom stereocenters. The van der Waals surface area contributed by atoms with Crippen LogP contribution in [0.3, 0.4) is 0 Å². The smallest absolute Gasteiger partial charge is 0.169 e. The van der Waals surface area contributed by atoms with Crippen molar-refractivity contribution in [3.63, 3.8) is 0 Å². The van der Waals surface area contributed by atoms with Gasteiger partial charge in [-0.05, 0) is 18.9 Å². The molecule has 3 N–H and O–H groups in total. The topological polar surface area (TPSA) is 56.5 Å². The number of benzene rings is 1. The zero-order valence-electron chi connectivity index (χ0n) is 10.2. The van der Waals surface area contributed by atoms with E-state index in [2.05, 4.69) is 5.43 Å². The van der Waals surface area contributed by atoms with E-state index in [0.717, 1.165) is 6.42 Å². The largest absolute Gasteiger partial charge is 0.494 e. The second-order valence-corrected chi connectivity index (χ2v) is 3.72. The zero-order valence-corrected chi connectivity index (χ0v) is 10.2. The molecule has 0 radical (unpaired) electrons. The van der Waals surface area contributed by atoms with Gasteiger partial charge < -0.3 is 9.47 Å². The Morgan fingerprint density at radius 3 is 2.76 bits per heavy atom. The first kappa shape index (κ1) is 13.9. The van der Waals surface area contributed by atoms with Crippen LogP contribution in [0.15, 0.2) is 18.2 Å². The van der Waals surface area contributed by atoms with Gasteiger partial charge in [0.15, 0.2) is 11.6 Å².